The van der Waals surface area contributed by atoms with Crippen LogP contribution in [-0.2, 0) is 14.3 Å². The van der Waals surface area contributed by atoms with Crippen LogP contribution in [0.25, 0.3) is 0 Å². The van der Waals surface area contributed by atoms with E-state index >= 15 is 0 Å². The SMILES string of the molecule is CCCCCCCC/C=C/CCCCCCCCCCCC(=O)OC(CCCCCCCCC/C=C/CCCCCCCC)CC(=O)NC(CO)C(O)CCCCCCCCCCCCCC. The first kappa shape index (κ1) is 65.3. The lowest BCUT2D eigenvalue weighted by atomic mass is 10.0. The zero-order chi connectivity index (χ0) is 48.8. The normalized spacial score (nSPS) is 13.2. The van der Waals surface area contributed by atoms with E-state index in [1.54, 1.807) is 0 Å². The third kappa shape index (κ3) is 50.5. The fourth-order valence-electron chi connectivity index (χ4n) is 9.42. The van der Waals surface area contributed by atoms with Gasteiger partial charge >= 0.3 is 5.97 Å². The van der Waals surface area contributed by atoms with Crippen molar-refractivity contribution < 1.29 is 24.5 Å². The lowest BCUT2D eigenvalue weighted by Crippen LogP contribution is -2.46. The summed E-state index contributed by atoms with van der Waals surface area (Å²) in [6.45, 7) is 6.51. The van der Waals surface area contributed by atoms with Crippen molar-refractivity contribution in [3.8, 4) is 0 Å². The quantitative estimate of drug-likeness (QED) is 0.0321. The Labute approximate surface area is 418 Å². The van der Waals surface area contributed by atoms with Crippen molar-refractivity contribution in [1.29, 1.82) is 0 Å². The first-order chi connectivity index (χ1) is 33.0. The average molecular weight is 945 g/mol. The zero-order valence-corrected chi connectivity index (χ0v) is 45.3. The highest BCUT2D eigenvalue weighted by atomic mass is 16.5. The van der Waals surface area contributed by atoms with Crippen LogP contribution >= 0.6 is 0 Å². The highest BCUT2D eigenvalue weighted by Crippen LogP contribution is 2.19. The number of allylic oxidation sites excluding steroid dienone is 4. The molecule has 0 bridgehead atoms. The molecule has 396 valence electrons. The highest BCUT2D eigenvalue weighted by molar-refractivity contribution is 5.77. The fraction of sp³-hybridized carbons (Fsp3) is 0.902. The fourth-order valence-corrected chi connectivity index (χ4v) is 9.42. The molecule has 0 aliphatic heterocycles. The molecule has 0 spiro atoms. The second-order valence-electron chi connectivity index (χ2n) is 20.7. The number of nitrogens with one attached hydrogen (secondary N) is 1. The van der Waals surface area contributed by atoms with E-state index < -0.39 is 18.2 Å². The molecule has 0 radical (unpaired) electrons. The standard InChI is InChI=1S/C61H117NO5/c1-4-7-10-13-16-19-22-25-27-29-30-32-34-36-39-42-45-48-51-54-61(66)67-57(52-49-46-43-40-37-35-33-31-28-26-23-20-17-14-11-8-5-2)55-60(65)62-58(56-63)59(64)53-50-47-44-41-38-24-21-18-15-12-9-6-3/h25-28,57-59,63-64H,4-24,29-56H2,1-3H3,(H,62,65)/b27-25+,28-26+. The van der Waals surface area contributed by atoms with Gasteiger partial charge in [0.1, 0.15) is 6.10 Å². The van der Waals surface area contributed by atoms with Crippen molar-refractivity contribution >= 4 is 11.9 Å². The number of hydrogen-bond acceptors (Lipinski definition) is 5. The number of hydrogen-bond donors (Lipinski definition) is 3. The van der Waals surface area contributed by atoms with Crippen LogP contribution in [-0.4, -0.2) is 46.9 Å². The van der Waals surface area contributed by atoms with E-state index in [4.69, 9.17) is 4.74 Å². The van der Waals surface area contributed by atoms with Crippen LogP contribution in [0.4, 0.5) is 0 Å². The molecule has 67 heavy (non-hydrogen) atoms. The lowest BCUT2D eigenvalue weighted by molar-refractivity contribution is -0.151. The van der Waals surface area contributed by atoms with Gasteiger partial charge in [-0.1, -0.05) is 263 Å². The zero-order valence-electron chi connectivity index (χ0n) is 45.3. The molecule has 3 N–H and O–H groups in total. The third-order valence-electron chi connectivity index (χ3n) is 14.0. The molecule has 0 saturated carbocycles. The smallest absolute Gasteiger partial charge is 0.306 e. The Morgan fingerprint density at radius 3 is 1.06 bits per heavy atom. The lowest BCUT2D eigenvalue weighted by Gasteiger charge is -2.24. The van der Waals surface area contributed by atoms with Gasteiger partial charge in [0.15, 0.2) is 0 Å². The Hall–Kier alpha value is -1.66. The van der Waals surface area contributed by atoms with Crippen molar-refractivity contribution in [3.63, 3.8) is 0 Å². The first-order valence-electron chi connectivity index (χ1n) is 30.1. The Morgan fingerprint density at radius 2 is 0.716 bits per heavy atom. The molecule has 0 saturated heterocycles. The number of aliphatic hydroxyl groups excluding tert-OH is 2. The van der Waals surface area contributed by atoms with Gasteiger partial charge in [-0.05, 0) is 77.0 Å². The summed E-state index contributed by atoms with van der Waals surface area (Å²) < 4.78 is 5.98. The summed E-state index contributed by atoms with van der Waals surface area (Å²) in [6, 6.07) is -0.700. The molecule has 0 aliphatic carbocycles. The van der Waals surface area contributed by atoms with Crippen molar-refractivity contribution in [2.45, 2.75) is 347 Å². The van der Waals surface area contributed by atoms with E-state index in [1.807, 2.05) is 0 Å². The van der Waals surface area contributed by atoms with E-state index in [9.17, 15) is 19.8 Å². The molecule has 0 aromatic heterocycles. The number of aliphatic hydroxyl groups is 2. The molecule has 1 amide bonds. The van der Waals surface area contributed by atoms with Gasteiger partial charge in [-0.3, -0.25) is 9.59 Å². The van der Waals surface area contributed by atoms with Crippen LogP contribution in [0.5, 0.6) is 0 Å². The number of amides is 1. The average Bonchev–Trinajstić information content (AvgIpc) is 3.32. The number of esters is 1. The molecule has 6 nitrogen and oxygen atoms in total. The summed E-state index contributed by atoms with van der Waals surface area (Å²) >= 11 is 0. The summed E-state index contributed by atoms with van der Waals surface area (Å²) in [5.74, 6) is -0.461. The minimum Gasteiger partial charge on any atom is -0.462 e. The predicted molar refractivity (Wildman–Crippen MR) is 292 cm³/mol. The van der Waals surface area contributed by atoms with E-state index in [-0.39, 0.29) is 24.9 Å². The van der Waals surface area contributed by atoms with Crippen LogP contribution in [0.3, 0.4) is 0 Å². The van der Waals surface area contributed by atoms with Crippen LogP contribution in [0.15, 0.2) is 24.3 Å². The van der Waals surface area contributed by atoms with Gasteiger partial charge in [0.2, 0.25) is 5.91 Å². The second kappa shape index (κ2) is 55.3. The summed E-state index contributed by atoms with van der Waals surface area (Å²) in [7, 11) is 0. The number of ether oxygens (including phenoxy) is 1. The molecule has 0 aliphatic rings. The van der Waals surface area contributed by atoms with Crippen molar-refractivity contribution in [3.05, 3.63) is 24.3 Å². The van der Waals surface area contributed by atoms with Crippen molar-refractivity contribution in [2.75, 3.05) is 6.61 Å². The van der Waals surface area contributed by atoms with Gasteiger partial charge in [-0.15, -0.1) is 0 Å². The number of unbranched alkanes of at least 4 members (excludes halogenated alkanes) is 39. The van der Waals surface area contributed by atoms with Crippen LogP contribution in [0, 0.1) is 0 Å². The molecule has 0 rings (SSSR count). The van der Waals surface area contributed by atoms with Crippen molar-refractivity contribution in [1.82, 2.24) is 5.32 Å². The van der Waals surface area contributed by atoms with Crippen LogP contribution < -0.4 is 5.32 Å². The van der Waals surface area contributed by atoms with E-state index in [0.717, 1.165) is 51.4 Å². The number of carbonyl (C=O) groups is 2. The van der Waals surface area contributed by atoms with Gasteiger partial charge in [0.25, 0.3) is 0 Å². The Morgan fingerprint density at radius 1 is 0.418 bits per heavy atom. The molecule has 0 heterocycles. The monoisotopic (exact) mass is 944 g/mol. The van der Waals surface area contributed by atoms with Gasteiger partial charge in [0, 0.05) is 6.42 Å². The van der Waals surface area contributed by atoms with E-state index in [0.29, 0.717) is 19.3 Å². The summed E-state index contributed by atoms with van der Waals surface area (Å²) in [6.07, 6.45) is 65.3. The molecule has 3 atom stereocenters. The Balaban J connectivity index is 4.52. The van der Waals surface area contributed by atoms with E-state index in [1.165, 1.54) is 231 Å². The number of carbonyl (C=O) groups excluding carboxylic acids is 2. The molecule has 0 aromatic carbocycles. The van der Waals surface area contributed by atoms with E-state index in [2.05, 4.69) is 50.4 Å². The van der Waals surface area contributed by atoms with Gasteiger partial charge < -0.3 is 20.3 Å². The first-order valence-corrected chi connectivity index (χ1v) is 30.1. The Kier molecular flexibility index (Phi) is 53.9. The Bertz CT molecular complexity index is 1060. The molecule has 0 fully saturated rings. The van der Waals surface area contributed by atoms with Crippen molar-refractivity contribution in [2.24, 2.45) is 0 Å². The summed E-state index contributed by atoms with van der Waals surface area (Å²) in [5, 5.41) is 23.9. The predicted octanol–water partition coefficient (Wildman–Crippen LogP) is 18.6. The van der Waals surface area contributed by atoms with Crippen LogP contribution in [0.2, 0.25) is 0 Å². The minimum absolute atomic E-state index is 0.0788. The molecule has 3 unspecified atom stereocenters. The van der Waals surface area contributed by atoms with Crippen LogP contribution in [0.1, 0.15) is 329 Å². The second-order valence-corrected chi connectivity index (χ2v) is 20.7. The molecular weight excluding hydrogens is 827 g/mol. The summed E-state index contributed by atoms with van der Waals surface area (Å²) in [4.78, 5) is 26.3. The topological polar surface area (TPSA) is 95.9 Å². The van der Waals surface area contributed by atoms with Gasteiger partial charge in [0.05, 0.1) is 25.2 Å². The number of rotatable bonds is 55. The van der Waals surface area contributed by atoms with Gasteiger partial charge in [-0.2, -0.15) is 0 Å². The largest absolute Gasteiger partial charge is 0.462 e. The van der Waals surface area contributed by atoms with Gasteiger partial charge in [-0.25, -0.2) is 0 Å². The summed E-state index contributed by atoms with van der Waals surface area (Å²) in [5.41, 5.74) is 0. The molecule has 0 aromatic rings. The maximum Gasteiger partial charge on any atom is 0.306 e. The minimum atomic E-state index is -0.786. The third-order valence-corrected chi connectivity index (χ3v) is 14.0. The maximum atomic E-state index is 13.3. The molecule has 6 heteroatoms. The maximum absolute atomic E-state index is 13.3. The molecular formula is C61H117NO5. The highest BCUT2D eigenvalue weighted by Gasteiger charge is 2.24.